The molecular formula is C25H36N8O5. The molecule has 0 bridgehead atoms. The quantitative estimate of drug-likeness (QED) is 0.104. The van der Waals surface area contributed by atoms with Crippen LogP contribution in [-0.2, 0) is 25.6 Å². The number of carboxylic acids is 1. The van der Waals surface area contributed by atoms with Crippen molar-refractivity contribution < 1.29 is 24.3 Å². The fraction of sp³-hybridized carbons (Fsp3) is 0.480. The smallest absolute Gasteiger partial charge is 0.326 e. The Kier molecular flexibility index (Phi) is 9.66. The maximum atomic E-state index is 13.5. The molecular weight excluding hydrogens is 492 g/mol. The first-order valence-electron chi connectivity index (χ1n) is 12.6. The van der Waals surface area contributed by atoms with E-state index in [-0.39, 0.29) is 18.9 Å². The van der Waals surface area contributed by atoms with Crippen LogP contribution >= 0.6 is 0 Å². The van der Waals surface area contributed by atoms with Crippen LogP contribution in [-0.4, -0.2) is 81.9 Å². The van der Waals surface area contributed by atoms with Crippen molar-refractivity contribution in [3.63, 3.8) is 0 Å². The van der Waals surface area contributed by atoms with Crippen molar-refractivity contribution in [3.8, 4) is 0 Å². The molecule has 206 valence electrons. The van der Waals surface area contributed by atoms with Crippen molar-refractivity contribution in [3.05, 3.63) is 36.0 Å². The molecule has 4 unspecified atom stereocenters. The predicted molar refractivity (Wildman–Crippen MR) is 142 cm³/mol. The molecule has 0 aliphatic carbocycles. The van der Waals surface area contributed by atoms with E-state index in [1.807, 2.05) is 24.3 Å². The van der Waals surface area contributed by atoms with Gasteiger partial charge in [-0.1, -0.05) is 18.2 Å². The Balaban J connectivity index is 1.70. The maximum absolute atomic E-state index is 13.5. The van der Waals surface area contributed by atoms with Crippen molar-refractivity contribution >= 4 is 40.6 Å². The van der Waals surface area contributed by atoms with Gasteiger partial charge < -0.3 is 42.8 Å². The topological polar surface area (TPSA) is 222 Å². The van der Waals surface area contributed by atoms with E-state index in [9.17, 15) is 24.3 Å². The number of hydrogen-bond donors (Lipinski definition) is 7. The summed E-state index contributed by atoms with van der Waals surface area (Å²) < 4.78 is 0. The van der Waals surface area contributed by atoms with Gasteiger partial charge in [0.25, 0.3) is 0 Å². The van der Waals surface area contributed by atoms with Gasteiger partial charge in [0.1, 0.15) is 18.1 Å². The molecule has 2 heterocycles. The number of guanidine groups is 1. The molecule has 0 radical (unpaired) electrons. The molecule has 1 fully saturated rings. The van der Waals surface area contributed by atoms with Gasteiger partial charge in [-0.05, 0) is 44.2 Å². The number of para-hydroxylation sites is 1. The number of carbonyl (C=O) groups excluding carboxylic acids is 3. The molecule has 0 saturated carbocycles. The normalized spacial score (nSPS) is 17.4. The van der Waals surface area contributed by atoms with Gasteiger partial charge in [-0.2, -0.15) is 0 Å². The van der Waals surface area contributed by atoms with Gasteiger partial charge in [0.2, 0.25) is 17.7 Å². The summed E-state index contributed by atoms with van der Waals surface area (Å²) >= 11 is 0. The number of carboxylic acid groups (broad SMARTS) is 1. The third-order valence-corrected chi connectivity index (χ3v) is 6.59. The number of rotatable bonds is 12. The van der Waals surface area contributed by atoms with Crippen LogP contribution in [0.1, 0.15) is 38.2 Å². The molecule has 1 aromatic heterocycles. The van der Waals surface area contributed by atoms with E-state index in [4.69, 9.17) is 17.2 Å². The summed E-state index contributed by atoms with van der Waals surface area (Å²) in [5.74, 6) is -2.72. The fourth-order valence-corrected chi connectivity index (χ4v) is 4.54. The van der Waals surface area contributed by atoms with Crippen LogP contribution in [0.25, 0.3) is 10.9 Å². The minimum absolute atomic E-state index is 0.0475. The summed E-state index contributed by atoms with van der Waals surface area (Å²) in [5.41, 5.74) is 18.1. The third-order valence-electron chi connectivity index (χ3n) is 6.59. The number of benzene rings is 1. The Bertz CT molecular complexity index is 1190. The Labute approximate surface area is 220 Å². The van der Waals surface area contributed by atoms with E-state index in [1.165, 1.54) is 11.8 Å². The summed E-state index contributed by atoms with van der Waals surface area (Å²) in [5, 5.41) is 15.8. The number of aliphatic carboxylic acids is 1. The summed E-state index contributed by atoms with van der Waals surface area (Å²) in [7, 11) is 0. The highest BCUT2D eigenvalue weighted by atomic mass is 16.4. The lowest BCUT2D eigenvalue weighted by molar-refractivity contribution is -0.149. The lowest BCUT2D eigenvalue weighted by Gasteiger charge is -2.28. The zero-order valence-corrected chi connectivity index (χ0v) is 21.4. The summed E-state index contributed by atoms with van der Waals surface area (Å²) in [6.07, 6.45) is 3.61. The number of carbonyl (C=O) groups is 4. The number of aliphatic imine (C=N–C) groups is 1. The predicted octanol–water partition coefficient (Wildman–Crippen LogP) is -0.844. The first-order chi connectivity index (χ1) is 18.1. The molecule has 1 aromatic carbocycles. The van der Waals surface area contributed by atoms with Crippen LogP contribution in [0.5, 0.6) is 0 Å². The average molecular weight is 529 g/mol. The summed E-state index contributed by atoms with van der Waals surface area (Å²) in [4.78, 5) is 59.1. The van der Waals surface area contributed by atoms with Crippen molar-refractivity contribution in [2.45, 2.75) is 63.2 Å². The van der Waals surface area contributed by atoms with Gasteiger partial charge in [-0.25, -0.2) is 4.79 Å². The highest BCUT2D eigenvalue weighted by Gasteiger charge is 2.38. The van der Waals surface area contributed by atoms with Gasteiger partial charge in [-0.3, -0.25) is 19.4 Å². The monoisotopic (exact) mass is 528 g/mol. The highest BCUT2D eigenvalue weighted by molar-refractivity contribution is 5.95. The second-order valence-corrected chi connectivity index (χ2v) is 9.44. The van der Waals surface area contributed by atoms with Crippen LogP contribution in [0, 0.1) is 0 Å². The molecule has 13 heteroatoms. The number of aromatic amines is 1. The Morgan fingerprint density at radius 2 is 1.92 bits per heavy atom. The number of amides is 3. The van der Waals surface area contributed by atoms with Crippen LogP contribution in [0.4, 0.5) is 0 Å². The number of hydrogen-bond acceptors (Lipinski definition) is 6. The number of H-pyrrole nitrogens is 1. The molecule has 1 saturated heterocycles. The Hall–Kier alpha value is -4.13. The summed E-state index contributed by atoms with van der Waals surface area (Å²) in [6.45, 7) is 2.10. The lowest BCUT2D eigenvalue weighted by atomic mass is 10.0. The minimum Gasteiger partial charge on any atom is -0.480 e. The zero-order chi connectivity index (χ0) is 27.8. The van der Waals surface area contributed by atoms with Gasteiger partial charge in [0.05, 0.1) is 6.04 Å². The van der Waals surface area contributed by atoms with E-state index in [0.717, 1.165) is 16.5 Å². The Morgan fingerprint density at radius 3 is 2.63 bits per heavy atom. The SMILES string of the molecule is CC(NC(=O)C(N)CCCN=C(N)N)C(=O)NC(Cc1c[nH]c2ccccc12)C(=O)N1CCCC1C(=O)O. The number of fused-ring (bicyclic) bond motifs is 1. The maximum Gasteiger partial charge on any atom is 0.326 e. The molecule has 13 nitrogen and oxygen atoms in total. The molecule has 1 aliphatic rings. The Morgan fingerprint density at radius 1 is 1.18 bits per heavy atom. The molecule has 10 N–H and O–H groups in total. The van der Waals surface area contributed by atoms with Gasteiger partial charge >= 0.3 is 5.97 Å². The number of aromatic nitrogens is 1. The van der Waals surface area contributed by atoms with Crippen LogP contribution < -0.4 is 27.8 Å². The lowest BCUT2D eigenvalue weighted by Crippen LogP contribution is -2.57. The van der Waals surface area contributed by atoms with E-state index in [1.54, 1.807) is 6.20 Å². The second kappa shape index (κ2) is 12.9. The number of nitrogens with two attached hydrogens (primary N) is 3. The third kappa shape index (κ3) is 7.22. The molecule has 0 spiro atoms. The van der Waals surface area contributed by atoms with Crippen LogP contribution in [0.15, 0.2) is 35.5 Å². The first-order valence-corrected chi connectivity index (χ1v) is 12.6. The number of nitrogens with zero attached hydrogens (tertiary/aromatic N) is 2. The van der Waals surface area contributed by atoms with E-state index in [2.05, 4.69) is 20.6 Å². The highest BCUT2D eigenvalue weighted by Crippen LogP contribution is 2.23. The van der Waals surface area contributed by atoms with Gasteiger partial charge in [0.15, 0.2) is 5.96 Å². The van der Waals surface area contributed by atoms with Crippen molar-refractivity contribution in [2.75, 3.05) is 13.1 Å². The first kappa shape index (κ1) is 28.4. The minimum atomic E-state index is -1.08. The summed E-state index contributed by atoms with van der Waals surface area (Å²) in [6, 6.07) is 3.71. The van der Waals surface area contributed by atoms with Crippen LogP contribution in [0.3, 0.4) is 0 Å². The van der Waals surface area contributed by atoms with Crippen LogP contribution in [0.2, 0.25) is 0 Å². The van der Waals surface area contributed by atoms with E-state index >= 15 is 0 Å². The molecule has 3 amide bonds. The molecule has 2 aromatic rings. The number of nitrogens with one attached hydrogen (secondary N) is 3. The standard InChI is InChI=1S/C25H36N8O5/c1-14(31-22(35)17(26)7-4-10-29-25(27)28)21(34)32-19(23(36)33-11-5-9-20(33)24(37)38)12-15-13-30-18-8-3-2-6-16(15)18/h2-3,6,8,13-14,17,19-20,30H,4-5,7,9-12,26H2,1H3,(H,31,35)(H,32,34)(H,37,38)(H4,27,28,29). The molecule has 1 aliphatic heterocycles. The molecule has 4 atom stereocenters. The van der Waals surface area contributed by atoms with Crippen molar-refractivity contribution in [1.29, 1.82) is 0 Å². The van der Waals surface area contributed by atoms with E-state index < -0.39 is 47.9 Å². The molecule has 38 heavy (non-hydrogen) atoms. The van der Waals surface area contributed by atoms with Crippen molar-refractivity contribution in [1.82, 2.24) is 20.5 Å². The van der Waals surface area contributed by atoms with Gasteiger partial charge in [0, 0.05) is 36.6 Å². The van der Waals surface area contributed by atoms with Gasteiger partial charge in [-0.15, -0.1) is 0 Å². The zero-order valence-electron chi connectivity index (χ0n) is 21.4. The second-order valence-electron chi connectivity index (χ2n) is 9.44. The largest absolute Gasteiger partial charge is 0.480 e. The van der Waals surface area contributed by atoms with E-state index in [0.29, 0.717) is 32.2 Å². The fourth-order valence-electron chi connectivity index (χ4n) is 4.54. The molecule has 3 rings (SSSR count). The number of likely N-dealkylation sites (tertiary alicyclic amines) is 1. The average Bonchev–Trinajstić information content (AvgIpc) is 3.53. The van der Waals surface area contributed by atoms with Crippen molar-refractivity contribution in [2.24, 2.45) is 22.2 Å².